The van der Waals surface area contributed by atoms with E-state index in [4.69, 9.17) is 37.4 Å². The van der Waals surface area contributed by atoms with E-state index in [2.05, 4.69) is 4.90 Å². The van der Waals surface area contributed by atoms with Gasteiger partial charge in [0.25, 0.3) is 0 Å². The van der Waals surface area contributed by atoms with Gasteiger partial charge in [-0.25, -0.2) is 0 Å². The lowest BCUT2D eigenvalue weighted by Crippen LogP contribution is -2.29. The third-order valence-corrected chi connectivity index (χ3v) is 6.36. The molecule has 3 aromatic rings. The molecule has 0 amide bonds. The molecule has 0 fully saturated rings. The molecular formula is C28H29Cl2NO5. The zero-order valence-corrected chi connectivity index (χ0v) is 22.0. The van der Waals surface area contributed by atoms with Crippen molar-refractivity contribution in [3.63, 3.8) is 0 Å². The van der Waals surface area contributed by atoms with Crippen LogP contribution in [0, 0.1) is 5.92 Å². The van der Waals surface area contributed by atoms with Gasteiger partial charge in [-0.15, -0.1) is 0 Å². The van der Waals surface area contributed by atoms with Crippen LogP contribution >= 0.6 is 23.2 Å². The Morgan fingerprint density at radius 2 is 1.25 bits per heavy atom. The van der Waals surface area contributed by atoms with Gasteiger partial charge in [-0.05, 0) is 66.6 Å². The van der Waals surface area contributed by atoms with E-state index in [0.29, 0.717) is 28.9 Å². The Bertz CT molecular complexity index is 1070. The van der Waals surface area contributed by atoms with Crippen LogP contribution in [0.25, 0.3) is 0 Å². The van der Waals surface area contributed by atoms with Crippen molar-refractivity contribution in [3.05, 3.63) is 99.5 Å². The quantitative estimate of drug-likeness (QED) is 0.238. The van der Waals surface area contributed by atoms with Crippen molar-refractivity contribution in [2.75, 3.05) is 34.4 Å². The molecule has 0 heterocycles. The summed E-state index contributed by atoms with van der Waals surface area (Å²) in [5, 5.41) is 1.38. The number of benzene rings is 3. The van der Waals surface area contributed by atoms with E-state index >= 15 is 0 Å². The first-order valence-electron chi connectivity index (χ1n) is 11.4. The Balaban J connectivity index is 1.63. The van der Waals surface area contributed by atoms with Crippen LogP contribution in [0.1, 0.15) is 22.7 Å². The average molecular weight is 530 g/mol. The lowest BCUT2D eigenvalue weighted by molar-refractivity contribution is -0.158. The van der Waals surface area contributed by atoms with Gasteiger partial charge in [0.2, 0.25) is 0 Å². The molecule has 0 radical (unpaired) electrons. The summed E-state index contributed by atoms with van der Waals surface area (Å²) < 4.78 is 15.4. The SMILES string of the molecule is COC(=O)C(Cc1ccc(OCCN(C)C(c2ccc(Cl)cc2)c2ccc(Cl)cc2)cc1)C(=O)OC. The maximum Gasteiger partial charge on any atom is 0.320 e. The molecule has 0 N–H and O–H groups in total. The number of methoxy groups -OCH3 is 2. The minimum Gasteiger partial charge on any atom is -0.492 e. The number of carbonyl (C=O) groups is 2. The van der Waals surface area contributed by atoms with Gasteiger partial charge in [0.1, 0.15) is 12.4 Å². The zero-order valence-electron chi connectivity index (χ0n) is 20.4. The van der Waals surface area contributed by atoms with Gasteiger partial charge in [-0.3, -0.25) is 14.5 Å². The second kappa shape index (κ2) is 13.3. The normalized spacial score (nSPS) is 11.1. The van der Waals surface area contributed by atoms with E-state index in [0.717, 1.165) is 16.7 Å². The molecule has 0 saturated carbocycles. The molecule has 6 nitrogen and oxygen atoms in total. The van der Waals surface area contributed by atoms with Gasteiger partial charge in [0.05, 0.1) is 20.3 Å². The third-order valence-electron chi connectivity index (χ3n) is 5.86. The topological polar surface area (TPSA) is 65.1 Å². The van der Waals surface area contributed by atoms with Gasteiger partial charge < -0.3 is 14.2 Å². The van der Waals surface area contributed by atoms with Gasteiger partial charge in [0, 0.05) is 16.6 Å². The standard InChI is InChI=1S/C28H29Cl2NO5/c1-31(26(20-6-10-22(29)11-7-20)21-8-12-23(30)13-9-21)16-17-36-24-14-4-19(5-15-24)18-25(27(32)34-2)28(33)35-3/h4-15,25-26H,16-18H2,1-3H3. The van der Waals surface area contributed by atoms with Crippen molar-refractivity contribution in [2.45, 2.75) is 12.5 Å². The van der Waals surface area contributed by atoms with E-state index < -0.39 is 17.9 Å². The van der Waals surface area contributed by atoms with Crippen LogP contribution < -0.4 is 4.74 Å². The van der Waals surface area contributed by atoms with Crippen LogP contribution in [0.2, 0.25) is 10.0 Å². The van der Waals surface area contributed by atoms with E-state index in [1.807, 2.05) is 79.8 Å². The molecule has 0 saturated heterocycles. The maximum atomic E-state index is 11.9. The molecule has 0 aliphatic heterocycles. The van der Waals surface area contributed by atoms with Crippen molar-refractivity contribution in [3.8, 4) is 5.75 Å². The predicted molar refractivity (Wildman–Crippen MR) is 141 cm³/mol. The number of likely N-dealkylation sites (N-methyl/N-ethyl adjacent to an activating group) is 1. The van der Waals surface area contributed by atoms with E-state index in [-0.39, 0.29) is 12.5 Å². The van der Waals surface area contributed by atoms with Crippen molar-refractivity contribution in [2.24, 2.45) is 5.92 Å². The molecule has 190 valence electrons. The number of hydrogen-bond donors (Lipinski definition) is 0. The number of halogens is 2. The molecule has 36 heavy (non-hydrogen) atoms. The van der Waals surface area contributed by atoms with Crippen LogP contribution in [-0.2, 0) is 25.5 Å². The highest BCUT2D eigenvalue weighted by Crippen LogP contribution is 2.29. The van der Waals surface area contributed by atoms with Crippen molar-refractivity contribution >= 4 is 35.1 Å². The first kappa shape index (κ1) is 27.5. The van der Waals surface area contributed by atoms with Crippen LogP contribution in [0.3, 0.4) is 0 Å². The molecule has 0 aliphatic rings. The number of rotatable bonds is 11. The van der Waals surface area contributed by atoms with Gasteiger partial charge >= 0.3 is 11.9 Å². The second-order valence-electron chi connectivity index (χ2n) is 8.28. The Morgan fingerprint density at radius 1 is 0.778 bits per heavy atom. The predicted octanol–water partition coefficient (Wildman–Crippen LogP) is 5.60. The smallest absolute Gasteiger partial charge is 0.320 e. The highest BCUT2D eigenvalue weighted by Gasteiger charge is 2.28. The first-order valence-corrected chi connectivity index (χ1v) is 12.2. The van der Waals surface area contributed by atoms with E-state index in [1.54, 1.807) is 0 Å². The van der Waals surface area contributed by atoms with Gasteiger partial charge in [-0.1, -0.05) is 59.6 Å². The Hall–Kier alpha value is -3.06. The monoisotopic (exact) mass is 529 g/mol. The van der Waals surface area contributed by atoms with Crippen molar-refractivity contribution in [1.29, 1.82) is 0 Å². The second-order valence-corrected chi connectivity index (χ2v) is 9.15. The summed E-state index contributed by atoms with van der Waals surface area (Å²) in [5.74, 6) is -1.56. The largest absolute Gasteiger partial charge is 0.492 e. The number of ether oxygens (including phenoxy) is 3. The summed E-state index contributed by atoms with van der Waals surface area (Å²) in [7, 11) is 4.54. The van der Waals surface area contributed by atoms with E-state index in [9.17, 15) is 9.59 Å². The van der Waals surface area contributed by atoms with Crippen LogP contribution in [0.15, 0.2) is 72.8 Å². The minimum absolute atomic E-state index is 0.000846. The first-order chi connectivity index (χ1) is 17.3. The summed E-state index contributed by atoms with van der Waals surface area (Å²) in [4.78, 5) is 26.0. The fourth-order valence-electron chi connectivity index (χ4n) is 3.93. The third kappa shape index (κ3) is 7.47. The average Bonchev–Trinajstić information content (AvgIpc) is 2.89. The molecular weight excluding hydrogens is 501 g/mol. The lowest BCUT2D eigenvalue weighted by Gasteiger charge is -2.29. The summed E-state index contributed by atoms with van der Waals surface area (Å²) in [6, 6.07) is 22.9. The summed E-state index contributed by atoms with van der Waals surface area (Å²) in [6.45, 7) is 1.12. The summed E-state index contributed by atoms with van der Waals surface area (Å²) in [5.41, 5.74) is 3.02. The minimum atomic E-state index is -1.00. The molecule has 0 atom stereocenters. The lowest BCUT2D eigenvalue weighted by atomic mass is 9.97. The Labute approximate surface area is 221 Å². The highest BCUT2D eigenvalue weighted by atomic mass is 35.5. The summed E-state index contributed by atoms with van der Waals surface area (Å²) >= 11 is 12.2. The molecule has 0 aliphatic carbocycles. The molecule has 8 heteroatoms. The van der Waals surface area contributed by atoms with Crippen LogP contribution in [0.5, 0.6) is 5.75 Å². The number of carbonyl (C=O) groups excluding carboxylic acids is 2. The molecule has 0 aromatic heterocycles. The van der Waals surface area contributed by atoms with Gasteiger partial charge in [0.15, 0.2) is 5.92 Å². The molecule has 3 aromatic carbocycles. The highest BCUT2D eigenvalue weighted by molar-refractivity contribution is 6.30. The van der Waals surface area contributed by atoms with E-state index in [1.165, 1.54) is 14.2 Å². The zero-order chi connectivity index (χ0) is 26.1. The molecule has 3 rings (SSSR count). The van der Waals surface area contributed by atoms with Crippen molar-refractivity contribution in [1.82, 2.24) is 4.90 Å². The van der Waals surface area contributed by atoms with Crippen LogP contribution in [0.4, 0.5) is 0 Å². The number of nitrogens with zero attached hydrogens (tertiary/aromatic N) is 1. The Kier molecular flexibility index (Phi) is 10.2. The summed E-state index contributed by atoms with van der Waals surface area (Å²) in [6.07, 6.45) is 0.187. The van der Waals surface area contributed by atoms with Gasteiger partial charge in [-0.2, -0.15) is 0 Å². The van der Waals surface area contributed by atoms with Crippen LogP contribution in [-0.4, -0.2) is 51.3 Å². The fourth-order valence-corrected chi connectivity index (χ4v) is 4.18. The fraction of sp³-hybridized carbons (Fsp3) is 0.286. The molecule has 0 spiro atoms. The number of hydrogen-bond acceptors (Lipinski definition) is 6. The molecule has 0 unspecified atom stereocenters. The Morgan fingerprint density at radius 3 is 1.69 bits per heavy atom. The molecule has 0 bridgehead atoms. The maximum absolute atomic E-state index is 11.9. The number of esters is 2. The van der Waals surface area contributed by atoms with Crippen molar-refractivity contribution < 1.29 is 23.8 Å².